The van der Waals surface area contributed by atoms with E-state index in [9.17, 15) is 13.2 Å². The van der Waals surface area contributed by atoms with Gasteiger partial charge in [-0.1, -0.05) is 12.1 Å². The van der Waals surface area contributed by atoms with E-state index in [0.29, 0.717) is 10.6 Å². The summed E-state index contributed by atoms with van der Waals surface area (Å²) in [5, 5.41) is 13.6. The predicted octanol–water partition coefficient (Wildman–Crippen LogP) is 3.13. The molecule has 2 rings (SSSR count). The van der Waals surface area contributed by atoms with Crippen molar-refractivity contribution < 1.29 is 13.2 Å². The lowest BCUT2D eigenvalue weighted by Crippen LogP contribution is -2.09. The molecule has 0 atom stereocenters. The van der Waals surface area contributed by atoms with E-state index in [4.69, 9.17) is 11.0 Å². The molecule has 0 saturated heterocycles. The zero-order valence-electron chi connectivity index (χ0n) is 11.0. The monoisotopic (exact) mass is 312 g/mol. The van der Waals surface area contributed by atoms with Crippen molar-refractivity contribution in [2.45, 2.75) is 17.7 Å². The average Bonchev–Trinajstić information content (AvgIpc) is 2.74. The number of hydrogen-bond donors (Lipinski definition) is 1. The quantitative estimate of drug-likeness (QED) is 0.884. The van der Waals surface area contributed by atoms with Gasteiger partial charge in [0.2, 0.25) is 0 Å². The number of anilines is 1. The van der Waals surface area contributed by atoms with Crippen LogP contribution in [0.25, 0.3) is 0 Å². The average molecular weight is 312 g/mol. The second-order valence-corrected chi connectivity index (χ2v) is 5.03. The number of nitrogens with two attached hydrogens (primary N) is 1. The Morgan fingerprint density at radius 2 is 2.14 bits per heavy atom. The van der Waals surface area contributed by atoms with Crippen molar-refractivity contribution in [3.63, 3.8) is 0 Å². The molecule has 1 heterocycles. The van der Waals surface area contributed by atoms with Gasteiger partial charge in [-0.15, -0.1) is 11.8 Å². The van der Waals surface area contributed by atoms with Crippen LogP contribution in [0.3, 0.4) is 0 Å². The lowest BCUT2D eigenvalue weighted by Gasteiger charge is -2.09. The number of nitriles is 1. The summed E-state index contributed by atoms with van der Waals surface area (Å²) in [6, 6.07) is 6.89. The molecule has 0 saturated carbocycles. The van der Waals surface area contributed by atoms with Gasteiger partial charge in [-0.05, 0) is 24.0 Å². The number of nitrogen functional groups attached to an aromatic ring is 1. The SMILES string of the molecule is CSc1nn(Cc2cccc(C(F)(F)F)c2)c(N)c1C#N. The van der Waals surface area contributed by atoms with Gasteiger partial charge in [0, 0.05) is 0 Å². The summed E-state index contributed by atoms with van der Waals surface area (Å²) in [7, 11) is 0. The summed E-state index contributed by atoms with van der Waals surface area (Å²) < 4.78 is 39.3. The fourth-order valence-electron chi connectivity index (χ4n) is 1.84. The first-order chi connectivity index (χ1) is 9.86. The first-order valence-corrected chi connectivity index (χ1v) is 7.05. The van der Waals surface area contributed by atoms with E-state index < -0.39 is 11.7 Å². The molecule has 2 N–H and O–H groups in total. The Bertz CT molecular complexity index is 700. The highest BCUT2D eigenvalue weighted by Crippen LogP contribution is 2.30. The summed E-state index contributed by atoms with van der Waals surface area (Å²) >= 11 is 1.26. The molecule has 110 valence electrons. The van der Waals surface area contributed by atoms with E-state index in [-0.39, 0.29) is 17.9 Å². The molecule has 8 heteroatoms. The Balaban J connectivity index is 2.35. The third-order valence-electron chi connectivity index (χ3n) is 2.85. The van der Waals surface area contributed by atoms with Crippen LogP contribution in [0, 0.1) is 11.3 Å². The second kappa shape index (κ2) is 5.69. The van der Waals surface area contributed by atoms with Crippen LogP contribution in [-0.2, 0) is 12.7 Å². The molecule has 0 amide bonds. The highest BCUT2D eigenvalue weighted by atomic mass is 32.2. The Kier molecular flexibility index (Phi) is 4.14. The fraction of sp³-hybridized carbons (Fsp3) is 0.231. The fourth-order valence-corrected chi connectivity index (χ4v) is 2.37. The Morgan fingerprint density at radius 1 is 1.43 bits per heavy atom. The smallest absolute Gasteiger partial charge is 0.383 e. The van der Waals surface area contributed by atoms with Crippen molar-refractivity contribution in [1.29, 1.82) is 5.26 Å². The number of halogens is 3. The minimum absolute atomic E-state index is 0.0744. The molecule has 1 aromatic carbocycles. The van der Waals surface area contributed by atoms with Gasteiger partial charge in [0.05, 0.1) is 12.1 Å². The van der Waals surface area contributed by atoms with Crippen LogP contribution < -0.4 is 5.73 Å². The van der Waals surface area contributed by atoms with Crippen LogP contribution >= 0.6 is 11.8 Å². The summed E-state index contributed by atoms with van der Waals surface area (Å²) in [6.45, 7) is 0.0744. The highest BCUT2D eigenvalue weighted by molar-refractivity contribution is 7.98. The number of hydrogen-bond acceptors (Lipinski definition) is 4. The normalized spacial score (nSPS) is 11.4. The van der Waals surface area contributed by atoms with E-state index >= 15 is 0 Å². The number of alkyl halides is 3. The molecule has 21 heavy (non-hydrogen) atoms. The van der Waals surface area contributed by atoms with Gasteiger partial charge >= 0.3 is 6.18 Å². The van der Waals surface area contributed by atoms with Gasteiger partial charge in [-0.3, -0.25) is 0 Å². The van der Waals surface area contributed by atoms with Gasteiger partial charge in [-0.2, -0.15) is 23.5 Å². The van der Waals surface area contributed by atoms with Gasteiger partial charge in [0.1, 0.15) is 22.5 Å². The second-order valence-electron chi connectivity index (χ2n) is 4.24. The van der Waals surface area contributed by atoms with Gasteiger partial charge < -0.3 is 5.73 Å². The van der Waals surface area contributed by atoms with Crippen molar-refractivity contribution in [1.82, 2.24) is 9.78 Å². The van der Waals surface area contributed by atoms with Gasteiger partial charge in [0.15, 0.2) is 0 Å². The third-order valence-corrected chi connectivity index (χ3v) is 3.52. The molecule has 0 radical (unpaired) electrons. The predicted molar refractivity (Wildman–Crippen MR) is 73.7 cm³/mol. The lowest BCUT2D eigenvalue weighted by atomic mass is 10.1. The summed E-state index contributed by atoms with van der Waals surface area (Å²) in [6.07, 6.45) is -2.65. The van der Waals surface area contributed by atoms with Crippen molar-refractivity contribution in [3.05, 3.63) is 41.0 Å². The maximum Gasteiger partial charge on any atom is 0.416 e. The molecule has 0 aliphatic carbocycles. The molecule has 0 bridgehead atoms. The molecule has 1 aromatic heterocycles. The Labute approximate surface area is 123 Å². The minimum Gasteiger partial charge on any atom is -0.383 e. The van der Waals surface area contributed by atoms with Crippen LogP contribution in [0.5, 0.6) is 0 Å². The zero-order chi connectivity index (χ0) is 15.6. The zero-order valence-corrected chi connectivity index (χ0v) is 11.8. The maximum absolute atomic E-state index is 12.7. The van der Waals surface area contributed by atoms with Crippen LogP contribution in [0.2, 0.25) is 0 Å². The van der Waals surface area contributed by atoms with Crippen LogP contribution in [0.15, 0.2) is 29.3 Å². The van der Waals surface area contributed by atoms with E-state index in [1.807, 2.05) is 6.07 Å². The van der Waals surface area contributed by atoms with E-state index in [1.54, 1.807) is 12.3 Å². The summed E-state index contributed by atoms with van der Waals surface area (Å²) in [4.78, 5) is 0. The molecule has 0 unspecified atom stereocenters. The standard InChI is InChI=1S/C13H11F3N4S/c1-21-12-10(6-17)11(18)20(19-12)7-8-3-2-4-9(5-8)13(14,15)16/h2-5H,7,18H2,1H3. The number of thioether (sulfide) groups is 1. The minimum atomic E-state index is -4.39. The van der Waals surface area contributed by atoms with Crippen molar-refractivity contribution >= 4 is 17.6 Å². The van der Waals surface area contributed by atoms with E-state index in [1.165, 1.54) is 22.5 Å². The number of aromatic nitrogens is 2. The third kappa shape index (κ3) is 3.13. The van der Waals surface area contributed by atoms with E-state index in [2.05, 4.69) is 5.10 Å². The topological polar surface area (TPSA) is 67.6 Å². The van der Waals surface area contributed by atoms with Crippen molar-refractivity contribution in [2.75, 3.05) is 12.0 Å². The summed E-state index contributed by atoms with van der Waals surface area (Å²) in [5.41, 5.74) is 5.74. The first-order valence-electron chi connectivity index (χ1n) is 5.83. The molecule has 0 aliphatic rings. The summed E-state index contributed by atoms with van der Waals surface area (Å²) in [5.74, 6) is 0.152. The van der Waals surface area contributed by atoms with Crippen LogP contribution in [0.4, 0.5) is 19.0 Å². The van der Waals surface area contributed by atoms with Gasteiger partial charge in [0.25, 0.3) is 0 Å². The molecule has 0 aliphatic heterocycles. The number of nitrogens with zero attached hydrogens (tertiary/aromatic N) is 3. The van der Waals surface area contributed by atoms with Gasteiger partial charge in [-0.25, -0.2) is 4.68 Å². The largest absolute Gasteiger partial charge is 0.416 e. The van der Waals surface area contributed by atoms with Crippen LogP contribution in [0.1, 0.15) is 16.7 Å². The number of rotatable bonds is 3. The Morgan fingerprint density at radius 3 is 2.67 bits per heavy atom. The molecule has 0 spiro atoms. The first kappa shape index (κ1) is 15.3. The van der Waals surface area contributed by atoms with Crippen molar-refractivity contribution in [3.8, 4) is 6.07 Å². The molecule has 2 aromatic rings. The van der Waals surface area contributed by atoms with Crippen molar-refractivity contribution in [2.24, 2.45) is 0 Å². The van der Waals surface area contributed by atoms with Crippen LogP contribution in [-0.4, -0.2) is 16.0 Å². The lowest BCUT2D eigenvalue weighted by molar-refractivity contribution is -0.137. The van der Waals surface area contributed by atoms with E-state index in [0.717, 1.165) is 12.1 Å². The molecule has 0 fully saturated rings. The molecular weight excluding hydrogens is 301 g/mol. The highest BCUT2D eigenvalue weighted by Gasteiger charge is 2.30. The number of benzene rings is 1. The maximum atomic E-state index is 12.7. The molecular formula is C13H11F3N4S. The molecule has 4 nitrogen and oxygen atoms in total. The Hall–Kier alpha value is -2.14.